The van der Waals surface area contributed by atoms with E-state index in [-0.39, 0.29) is 17.2 Å². The molecule has 0 radical (unpaired) electrons. The summed E-state index contributed by atoms with van der Waals surface area (Å²) in [5, 5.41) is 6.13. The molecule has 0 saturated carbocycles. The number of carbonyl (C=O) groups excluding carboxylic acids is 1. The van der Waals surface area contributed by atoms with Crippen molar-refractivity contribution in [2.75, 3.05) is 19.6 Å². The van der Waals surface area contributed by atoms with Crippen molar-refractivity contribution in [3.05, 3.63) is 0 Å². The van der Waals surface area contributed by atoms with Crippen molar-refractivity contribution in [2.45, 2.75) is 33.6 Å². The SMILES string of the molecule is CCCC(C)(C)CNC(=O)C1CNC1. The zero-order valence-electron chi connectivity index (χ0n) is 9.52. The van der Waals surface area contributed by atoms with Gasteiger partial charge in [-0.3, -0.25) is 4.79 Å². The van der Waals surface area contributed by atoms with Crippen molar-refractivity contribution < 1.29 is 4.79 Å². The molecule has 14 heavy (non-hydrogen) atoms. The molecule has 1 rings (SSSR count). The van der Waals surface area contributed by atoms with E-state index >= 15 is 0 Å². The number of amides is 1. The van der Waals surface area contributed by atoms with Gasteiger partial charge < -0.3 is 10.6 Å². The molecule has 1 amide bonds. The number of carbonyl (C=O) groups is 1. The summed E-state index contributed by atoms with van der Waals surface area (Å²) in [6.45, 7) is 9.08. The molecular weight excluding hydrogens is 176 g/mol. The molecule has 2 N–H and O–H groups in total. The fourth-order valence-corrected chi connectivity index (χ4v) is 1.71. The zero-order valence-corrected chi connectivity index (χ0v) is 9.52. The van der Waals surface area contributed by atoms with Crippen LogP contribution in [0.1, 0.15) is 33.6 Å². The fourth-order valence-electron chi connectivity index (χ4n) is 1.71. The van der Waals surface area contributed by atoms with Gasteiger partial charge in [-0.2, -0.15) is 0 Å². The van der Waals surface area contributed by atoms with E-state index in [9.17, 15) is 4.79 Å². The molecule has 1 saturated heterocycles. The van der Waals surface area contributed by atoms with Crippen LogP contribution in [-0.2, 0) is 4.79 Å². The highest BCUT2D eigenvalue weighted by molar-refractivity contribution is 5.80. The Bertz CT molecular complexity index is 197. The van der Waals surface area contributed by atoms with Gasteiger partial charge in [-0.05, 0) is 11.8 Å². The van der Waals surface area contributed by atoms with E-state index in [1.807, 2.05) is 0 Å². The molecule has 0 aromatic carbocycles. The molecule has 0 bridgehead atoms. The van der Waals surface area contributed by atoms with Crippen molar-refractivity contribution in [2.24, 2.45) is 11.3 Å². The Kier molecular flexibility index (Phi) is 3.93. The minimum Gasteiger partial charge on any atom is -0.355 e. The average molecular weight is 198 g/mol. The molecule has 0 aliphatic carbocycles. The summed E-state index contributed by atoms with van der Waals surface area (Å²) in [7, 11) is 0. The molecule has 0 aromatic rings. The Morgan fingerprint density at radius 2 is 2.14 bits per heavy atom. The summed E-state index contributed by atoms with van der Waals surface area (Å²) in [5.41, 5.74) is 0.238. The Morgan fingerprint density at radius 3 is 2.57 bits per heavy atom. The average Bonchev–Trinajstić information content (AvgIpc) is 1.98. The Morgan fingerprint density at radius 1 is 1.50 bits per heavy atom. The van der Waals surface area contributed by atoms with Gasteiger partial charge in [-0.15, -0.1) is 0 Å². The first kappa shape index (κ1) is 11.5. The highest BCUT2D eigenvalue weighted by Gasteiger charge is 2.26. The molecule has 1 fully saturated rings. The molecule has 1 aliphatic heterocycles. The second-order valence-corrected chi connectivity index (χ2v) is 4.99. The molecule has 3 heteroatoms. The van der Waals surface area contributed by atoms with Gasteiger partial charge in [0.05, 0.1) is 5.92 Å². The van der Waals surface area contributed by atoms with Gasteiger partial charge in [0.1, 0.15) is 0 Å². The van der Waals surface area contributed by atoms with Crippen LogP contribution in [0.25, 0.3) is 0 Å². The van der Waals surface area contributed by atoms with Crippen LogP contribution in [0.15, 0.2) is 0 Å². The van der Waals surface area contributed by atoms with Crippen LogP contribution in [0.4, 0.5) is 0 Å². The Hall–Kier alpha value is -0.570. The van der Waals surface area contributed by atoms with Gasteiger partial charge in [0.25, 0.3) is 0 Å². The lowest BCUT2D eigenvalue weighted by molar-refractivity contribution is -0.126. The third-order valence-electron chi connectivity index (χ3n) is 2.82. The zero-order chi connectivity index (χ0) is 10.6. The molecule has 0 atom stereocenters. The van der Waals surface area contributed by atoms with Crippen molar-refractivity contribution in [3.8, 4) is 0 Å². The first-order chi connectivity index (χ1) is 6.55. The van der Waals surface area contributed by atoms with E-state index in [0.717, 1.165) is 26.1 Å². The van der Waals surface area contributed by atoms with Crippen molar-refractivity contribution in [3.63, 3.8) is 0 Å². The Balaban J connectivity index is 2.21. The van der Waals surface area contributed by atoms with E-state index in [1.54, 1.807) is 0 Å². The van der Waals surface area contributed by atoms with Gasteiger partial charge in [0.15, 0.2) is 0 Å². The van der Waals surface area contributed by atoms with Crippen molar-refractivity contribution >= 4 is 5.91 Å². The molecule has 1 aliphatic rings. The van der Waals surface area contributed by atoms with Crippen molar-refractivity contribution in [1.29, 1.82) is 0 Å². The number of nitrogens with one attached hydrogen (secondary N) is 2. The van der Waals surface area contributed by atoms with E-state index in [0.29, 0.717) is 0 Å². The summed E-state index contributed by atoms with van der Waals surface area (Å²) < 4.78 is 0. The number of hydrogen-bond donors (Lipinski definition) is 2. The smallest absolute Gasteiger partial charge is 0.225 e. The first-order valence-corrected chi connectivity index (χ1v) is 5.53. The van der Waals surface area contributed by atoms with Crippen LogP contribution in [-0.4, -0.2) is 25.5 Å². The summed E-state index contributed by atoms with van der Waals surface area (Å²) in [6.07, 6.45) is 2.34. The van der Waals surface area contributed by atoms with Crippen molar-refractivity contribution in [1.82, 2.24) is 10.6 Å². The normalized spacial score (nSPS) is 17.6. The van der Waals surface area contributed by atoms with Crippen LogP contribution >= 0.6 is 0 Å². The lowest BCUT2D eigenvalue weighted by atomic mass is 9.88. The molecule has 82 valence electrons. The quantitative estimate of drug-likeness (QED) is 0.696. The minimum absolute atomic E-state index is 0.215. The third-order valence-corrected chi connectivity index (χ3v) is 2.82. The summed E-state index contributed by atoms with van der Waals surface area (Å²) in [5.74, 6) is 0.431. The second kappa shape index (κ2) is 4.78. The molecular formula is C11H22N2O. The van der Waals surface area contributed by atoms with Crippen LogP contribution in [0.5, 0.6) is 0 Å². The van der Waals surface area contributed by atoms with Crippen LogP contribution in [0.2, 0.25) is 0 Å². The van der Waals surface area contributed by atoms with Crippen LogP contribution < -0.4 is 10.6 Å². The number of rotatable bonds is 5. The van der Waals surface area contributed by atoms with E-state index in [4.69, 9.17) is 0 Å². The van der Waals surface area contributed by atoms with Gasteiger partial charge in [-0.25, -0.2) is 0 Å². The van der Waals surface area contributed by atoms with E-state index in [2.05, 4.69) is 31.4 Å². The van der Waals surface area contributed by atoms with Gasteiger partial charge in [0, 0.05) is 19.6 Å². The van der Waals surface area contributed by atoms with Crippen LogP contribution in [0, 0.1) is 11.3 Å². The highest BCUT2D eigenvalue weighted by atomic mass is 16.2. The molecule has 3 nitrogen and oxygen atoms in total. The first-order valence-electron chi connectivity index (χ1n) is 5.53. The maximum absolute atomic E-state index is 11.5. The summed E-state index contributed by atoms with van der Waals surface area (Å²) in [6, 6.07) is 0. The summed E-state index contributed by atoms with van der Waals surface area (Å²) >= 11 is 0. The number of hydrogen-bond acceptors (Lipinski definition) is 2. The lowest BCUT2D eigenvalue weighted by Crippen LogP contribution is -2.52. The van der Waals surface area contributed by atoms with Gasteiger partial charge in [-0.1, -0.05) is 27.2 Å². The van der Waals surface area contributed by atoms with Gasteiger partial charge in [0.2, 0.25) is 5.91 Å². The molecule has 1 heterocycles. The summed E-state index contributed by atoms with van der Waals surface area (Å²) in [4.78, 5) is 11.5. The second-order valence-electron chi connectivity index (χ2n) is 4.99. The third kappa shape index (κ3) is 3.29. The lowest BCUT2D eigenvalue weighted by Gasteiger charge is -2.29. The standard InChI is InChI=1S/C11H22N2O/c1-4-5-11(2,3)8-13-10(14)9-6-12-7-9/h9,12H,4-8H2,1-3H3,(H,13,14). The minimum atomic E-state index is 0.215. The topological polar surface area (TPSA) is 41.1 Å². The predicted octanol–water partition coefficient (Wildman–Crippen LogP) is 1.15. The maximum Gasteiger partial charge on any atom is 0.225 e. The van der Waals surface area contributed by atoms with Gasteiger partial charge >= 0.3 is 0 Å². The highest BCUT2D eigenvalue weighted by Crippen LogP contribution is 2.20. The Labute approximate surface area is 86.6 Å². The molecule has 0 unspecified atom stereocenters. The van der Waals surface area contributed by atoms with Crippen LogP contribution in [0.3, 0.4) is 0 Å². The van der Waals surface area contributed by atoms with E-state index < -0.39 is 0 Å². The molecule has 0 spiro atoms. The molecule has 0 aromatic heterocycles. The van der Waals surface area contributed by atoms with E-state index in [1.165, 1.54) is 6.42 Å². The monoisotopic (exact) mass is 198 g/mol. The maximum atomic E-state index is 11.5. The predicted molar refractivity (Wildman–Crippen MR) is 58.1 cm³/mol. The fraction of sp³-hybridized carbons (Fsp3) is 0.909. The largest absolute Gasteiger partial charge is 0.355 e.